The molecule has 0 heterocycles. The van der Waals surface area contributed by atoms with Crippen LogP contribution < -0.4 is 20.5 Å². The Morgan fingerprint density at radius 2 is 2.17 bits per heavy atom. The minimum atomic E-state index is -2.95. The van der Waals surface area contributed by atoms with Crippen LogP contribution in [0.1, 0.15) is 10.4 Å². The van der Waals surface area contributed by atoms with Crippen molar-refractivity contribution >= 4 is 5.91 Å². The molecule has 0 saturated carbocycles. The van der Waals surface area contributed by atoms with E-state index in [1.807, 2.05) is 0 Å². The van der Waals surface area contributed by atoms with Gasteiger partial charge in [0.2, 0.25) is 0 Å². The van der Waals surface area contributed by atoms with Gasteiger partial charge in [-0.15, -0.1) is 0 Å². The van der Waals surface area contributed by atoms with Gasteiger partial charge in [-0.25, -0.2) is 0 Å². The highest BCUT2D eigenvalue weighted by atomic mass is 19.3. The van der Waals surface area contributed by atoms with Gasteiger partial charge in [-0.1, -0.05) is 0 Å². The molecule has 7 heteroatoms. The lowest BCUT2D eigenvalue weighted by Crippen LogP contribution is -2.28. The zero-order valence-corrected chi connectivity index (χ0v) is 9.78. The molecular weight excluding hydrogens is 246 g/mol. The molecule has 18 heavy (non-hydrogen) atoms. The summed E-state index contributed by atoms with van der Waals surface area (Å²) in [7, 11) is 1.30. The normalized spacial score (nSPS) is 10.3. The van der Waals surface area contributed by atoms with E-state index in [0.717, 1.165) is 0 Å². The van der Waals surface area contributed by atoms with Crippen LogP contribution in [-0.2, 0) is 0 Å². The van der Waals surface area contributed by atoms with E-state index in [1.54, 1.807) is 0 Å². The maximum absolute atomic E-state index is 12.1. The van der Waals surface area contributed by atoms with E-state index < -0.39 is 6.61 Å². The number of nitrogens with two attached hydrogens (primary N) is 1. The molecule has 0 atom stereocenters. The molecule has 0 bridgehead atoms. The number of carbonyl (C=O) groups is 1. The molecule has 0 saturated heterocycles. The number of amides is 1. The van der Waals surface area contributed by atoms with Crippen LogP contribution in [0.3, 0.4) is 0 Å². The van der Waals surface area contributed by atoms with Gasteiger partial charge >= 0.3 is 6.61 Å². The summed E-state index contributed by atoms with van der Waals surface area (Å²) in [5.74, 6) is -0.416. The van der Waals surface area contributed by atoms with E-state index in [1.165, 1.54) is 25.3 Å². The Balaban J connectivity index is 2.87. The van der Waals surface area contributed by atoms with Gasteiger partial charge in [0, 0.05) is 18.7 Å². The maximum atomic E-state index is 12.1. The molecule has 0 aromatic heterocycles. The fraction of sp³-hybridized carbons (Fsp3) is 0.364. The van der Waals surface area contributed by atoms with Gasteiger partial charge in [0.05, 0.1) is 7.11 Å². The second-order valence-corrected chi connectivity index (χ2v) is 3.29. The fourth-order valence-electron chi connectivity index (χ4n) is 1.29. The Hall–Kier alpha value is -1.89. The van der Waals surface area contributed by atoms with Crippen LogP contribution in [-0.4, -0.2) is 32.7 Å². The fourth-order valence-corrected chi connectivity index (χ4v) is 1.29. The smallest absolute Gasteiger partial charge is 0.387 e. The van der Waals surface area contributed by atoms with Gasteiger partial charge in [-0.05, 0) is 18.2 Å². The van der Waals surface area contributed by atoms with Gasteiger partial charge < -0.3 is 20.5 Å². The van der Waals surface area contributed by atoms with Gasteiger partial charge in [-0.3, -0.25) is 4.79 Å². The van der Waals surface area contributed by atoms with Gasteiger partial charge in [0.15, 0.2) is 11.5 Å². The predicted octanol–water partition coefficient (Wildman–Crippen LogP) is 0.985. The summed E-state index contributed by atoms with van der Waals surface area (Å²) in [5, 5.41) is 2.55. The highest BCUT2D eigenvalue weighted by Gasteiger charge is 2.13. The summed E-state index contributed by atoms with van der Waals surface area (Å²) >= 11 is 0. The largest absolute Gasteiger partial charge is 0.493 e. The number of nitrogens with one attached hydrogen (secondary N) is 1. The molecule has 0 aliphatic heterocycles. The summed E-state index contributed by atoms with van der Waals surface area (Å²) in [6, 6.07) is 3.94. The quantitative estimate of drug-likeness (QED) is 0.799. The molecule has 0 unspecified atom stereocenters. The molecule has 0 aliphatic rings. The molecule has 100 valence electrons. The first-order valence-corrected chi connectivity index (χ1v) is 5.19. The number of benzene rings is 1. The second kappa shape index (κ2) is 6.75. The van der Waals surface area contributed by atoms with Crippen molar-refractivity contribution in [3.63, 3.8) is 0 Å². The van der Waals surface area contributed by atoms with Crippen LogP contribution in [0.25, 0.3) is 0 Å². The molecule has 0 aliphatic carbocycles. The summed E-state index contributed by atoms with van der Waals surface area (Å²) in [4.78, 5) is 11.6. The van der Waals surface area contributed by atoms with Gasteiger partial charge in [0.25, 0.3) is 5.91 Å². The summed E-state index contributed by atoms with van der Waals surface area (Å²) < 4.78 is 33.3. The Kier molecular flexibility index (Phi) is 5.31. The van der Waals surface area contributed by atoms with Crippen LogP contribution in [0.15, 0.2) is 18.2 Å². The van der Waals surface area contributed by atoms with Crippen molar-refractivity contribution in [2.24, 2.45) is 5.73 Å². The van der Waals surface area contributed by atoms with E-state index in [9.17, 15) is 13.6 Å². The van der Waals surface area contributed by atoms with Crippen LogP contribution >= 0.6 is 0 Å². The number of hydrogen-bond acceptors (Lipinski definition) is 4. The molecule has 0 fully saturated rings. The van der Waals surface area contributed by atoms with Crippen LogP contribution in [0.4, 0.5) is 8.78 Å². The minimum absolute atomic E-state index is 0.0655. The molecule has 5 nitrogen and oxygen atoms in total. The van der Waals surface area contributed by atoms with Crippen molar-refractivity contribution in [2.75, 3.05) is 20.2 Å². The van der Waals surface area contributed by atoms with Crippen molar-refractivity contribution in [1.82, 2.24) is 5.32 Å². The first-order chi connectivity index (χ1) is 8.58. The maximum Gasteiger partial charge on any atom is 0.387 e. The van der Waals surface area contributed by atoms with E-state index >= 15 is 0 Å². The van der Waals surface area contributed by atoms with Gasteiger partial charge in [0.1, 0.15) is 0 Å². The Labute approximate surface area is 103 Å². The molecule has 1 aromatic carbocycles. The van der Waals surface area contributed by atoms with Crippen LogP contribution in [0.2, 0.25) is 0 Å². The zero-order valence-electron chi connectivity index (χ0n) is 9.78. The van der Waals surface area contributed by atoms with Crippen molar-refractivity contribution in [2.45, 2.75) is 6.61 Å². The Morgan fingerprint density at radius 3 is 2.72 bits per heavy atom. The Bertz CT molecular complexity index is 413. The van der Waals surface area contributed by atoms with Crippen LogP contribution in [0.5, 0.6) is 11.5 Å². The molecule has 1 rings (SSSR count). The number of methoxy groups -OCH3 is 1. The predicted molar refractivity (Wildman–Crippen MR) is 61.0 cm³/mol. The molecular formula is C11H14F2N2O3. The molecule has 3 N–H and O–H groups in total. The highest BCUT2D eigenvalue weighted by Crippen LogP contribution is 2.29. The molecule has 1 aromatic rings. The van der Waals surface area contributed by atoms with Gasteiger partial charge in [-0.2, -0.15) is 8.78 Å². The number of hydrogen-bond donors (Lipinski definition) is 2. The Morgan fingerprint density at radius 1 is 1.44 bits per heavy atom. The number of alkyl halides is 2. The SMILES string of the molecule is COc1cc(C(=O)NCCN)ccc1OC(F)F. The molecule has 1 amide bonds. The van der Waals surface area contributed by atoms with Crippen molar-refractivity contribution in [3.8, 4) is 11.5 Å². The van der Waals surface area contributed by atoms with Crippen molar-refractivity contribution < 1.29 is 23.0 Å². The molecule has 0 radical (unpaired) electrons. The standard InChI is InChI=1S/C11H14F2N2O3/c1-17-9-6-7(10(16)15-5-4-14)2-3-8(9)18-11(12)13/h2-3,6,11H,4-5,14H2,1H3,(H,15,16). The minimum Gasteiger partial charge on any atom is -0.493 e. The lowest BCUT2D eigenvalue weighted by atomic mass is 10.2. The van der Waals surface area contributed by atoms with Crippen molar-refractivity contribution in [3.05, 3.63) is 23.8 Å². The third-order valence-electron chi connectivity index (χ3n) is 2.07. The topological polar surface area (TPSA) is 73.6 Å². The number of halogens is 2. The zero-order chi connectivity index (χ0) is 13.5. The summed E-state index contributed by atoms with van der Waals surface area (Å²) in [6.07, 6.45) is 0. The van der Waals surface area contributed by atoms with E-state index in [2.05, 4.69) is 10.1 Å². The number of carbonyl (C=O) groups excluding carboxylic acids is 1. The highest BCUT2D eigenvalue weighted by molar-refractivity contribution is 5.94. The first-order valence-electron chi connectivity index (χ1n) is 5.19. The average Bonchev–Trinajstić information content (AvgIpc) is 2.35. The first kappa shape index (κ1) is 14.2. The molecule has 0 spiro atoms. The number of ether oxygens (including phenoxy) is 2. The monoisotopic (exact) mass is 260 g/mol. The van der Waals surface area contributed by atoms with Crippen LogP contribution in [0, 0.1) is 0 Å². The summed E-state index contributed by atoms with van der Waals surface area (Å²) in [5.41, 5.74) is 5.53. The third-order valence-corrected chi connectivity index (χ3v) is 2.07. The van der Waals surface area contributed by atoms with E-state index in [0.29, 0.717) is 13.1 Å². The third kappa shape index (κ3) is 3.85. The summed E-state index contributed by atoms with van der Waals surface area (Å²) in [6.45, 7) is -2.30. The lowest BCUT2D eigenvalue weighted by Gasteiger charge is -2.11. The lowest BCUT2D eigenvalue weighted by molar-refractivity contribution is -0.0512. The number of rotatable bonds is 6. The average molecular weight is 260 g/mol. The van der Waals surface area contributed by atoms with Crippen molar-refractivity contribution in [1.29, 1.82) is 0 Å². The van der Waals surface area contributed by atoms with E-state index in [4.69, 9.17) is 10.5 Å². The van der Waals surface area contributed by atoms with E-state index in [-0.39, 0.29) is 23.0 Å². The second-order valence-electron chi connectivity index (χ2n) is 3.29.